The molecule has 1 atom stereocenters. The normalized spacial score (nSPS) is 12.3. The summed E-state index contributed by atoms with van der Waals surface area (Å²) < 4.78 is 10.9. The highest BCUT2D eigenvalue weighted by Gasteiger charge is 2.21. The van der Waals surface area contributed by atoms with Crippen LogP contribution in [-0.4, -0.2) is 55.6 Å². The molecule has 0 aliphatic carbocycles. The Morgan fingerprint density at radius 1 is 1.27 bits per heavy atom. The summed E-state index contributed by atoms with van der Waals surface area (Å²) in [5, 5.41) is 22.9. The van der Waals surface area contributed by atoms with Crippen molar-refractivity contribution >= 4 is 12.1 Å². The molecule has 0 spiro atoms. The minimum Gasteiger partial charge on any atom is -0.491 e. The summed E-state index contributed by atoms with van der Waals surface area (Å²) in [6.45, 7) is 5.63. The van der Waals surface area contributed by atoms with Gasteiger partial charge in [0.05, 0.1) is 18.2 Å². The Morgan fingerprint density at radius 3 is 2.50 bits per heavy atom. The molecule has 0 fully saturated rings. The molecule has 2 aromatic rings. The monoisotopic (exact) mass is 363 g/mol. The number of amides is 1. The zero-order valence-electron chi connectivity index (χ0n) is 14.7. The Kier molecular flexibility index (Phi) is 6.10. The van der Waals surface area contributed by atoms with Crippen molar-refractivity contribution in [2.45, 2.75) is 39.0 Å². The first-order chi connectivity index (χ1) is 12.2. The summed E-state index contributed by atoms with van der Waals surface area (Å²) >= 11 is 0. The lowest BCUT2D eigenvalue weighted by Crippen LogP contribution is -2.44. The van der Waals surface area contributed by atoms with Crippen molar-refractivity contribution in [3.8, 4) is 5.75 Å². The predicted molar refractivity (Wildman–Crippen MR) is 89.9 cm³/mol. The Labute approximate surface area is 150 Å². The van der Waals surface area contributed by atoms with Gasteiger partial charge in [-0.25, -0.2) is 9.59 Å². The van der Waals surface area contributed by atoms with E-state index in [0.29, 0.717) is 5.75 Å². The topological polar surface area (TPSA) is 128 Å². The van der Waals surface area contributed by atoms with E-state index in [0.717, 1.165) is 0 Å². The van der Waals surface area contributed by atoms with E-state index in [-0.39, 0.29) is 18.7 Å². The van der Waals surface area contributed by atoms with Gasteiger partial charge in [0, 0.05) is 0 Å². The van der Waals surface area contributed by atoms with Crippen LogP contribution in [0.15, 0.2) is 30.6 Å². The molecule has 0 unspecified atom stereocenters. The molecule has 1 amide bonds. The number of ether oxygens (including phenoxy) is 2. The summed E-state index contributed by atoms with van der Waals surface area (Å²) in [5.41, 5.74) is -0.471. The first-order valence-corrected chi connectivity index (χ1v) is 7.89. The molecule has 10 nitrogen and oxygen atoms in total. The maximum atomic E-state index is 12.0. The van der Waals surface area contributed by atoms with Gasteiger partial charge in [0.15, 0.2) is 6.33 Å². The van der Waals surface area contributed by atoms with Crippen molar-refractivity contribution in [1.29, 1.82) is 0 Å². The van der Waals surface area contributed by atoms with Crippen LogP contribution in [-0.2, 0) is 11.3 Å². The second-order valence-electron chi connectivity index (χ2n) is 6.47. The molecule has 1 heterocycles. The van der Waals surface area contributed by atoms with Gasteiger partial charge in [0.25, 0.3) is 0 Å². The van der Waals surface area contributed by atoms with Crippen LogP contribution >= 0.6 is 0 Å². The van der Waals surface area contributed by atoms with Crippen molar-refractivity contribution < 1.29 is 24.2 Å². The van der Waals surface area contributed by atoms with E-state index < -0.39 is 23.7 Å². The number of rotatable bonds is 7. The number of aromatic carboxylic acids is 1. The average molecular weight is 363 g/mol. The van der Waals surface area contributed by atoms with E-state index >= 15 is 0 Å². The number of nitrogens with one attached hydrogen (secondary N) is 1. The second kappa shape index (κ2) is 8.28. The van der Waals surface area contributed by atoms with Gasteiger partial charge in [-0.05, 0) is 50.3 Å². The molecule has 26 heavy (non-hydrogen) atoms. The number of nitrogens with zero attached hydrogens (tertiary/aromatic N) is 4. The molecule has 0 saturated carbocycles. The van der Waals surface area contributed by atoms with Crippen LogP contribution in [0.3, 0.4) is 0 Å². The van der Waals surface area contributed by atoms with Crippen molar-refractivity contribution in [1.82, 2.24) is 25.5 Å². The maximum absolute atomic E-state index is 12.0. The van der Waals surface area contributed by atoms with Gasteiger partial charge in [-0.15, -0.1) is 10.2 Å². The molecule has 2 rings (SSSR count). The van der Waals surface area contributed by atoms with Crippen LogP contribution in [0.1, 0.15) is 31.1 Å². The van der Waals surface area contributed by atoms with Gasteiger partial charge >= 0.3 is 12.1 Å². The molecule has 0 bridgehead atoms. The van der Waals surface area contributed by atoms with Gasteiger partial charge in [-0.3, -0.25) is 0 Å². The zero-order chi connectivity index (χ0) is 19.2. The average Bonchev–Trinajstić information content (AvgIpc) is 3.04. The summed E-state index contributed by atoms with van der Waals surface area (Å²) in [6.07, 6.45) is 0.697. The van der Waals surface area contributed by atoms with Crippen molar-refractivity contribution in [2.75, 3.05) is 6.61 Å². The summed E-state index contributed by atoms with van der Waals surface area (Å²) in [5.74, 6) is -0.546. The number of carbonyl (C=O) groups is 2. The molecular formula is C16H21N5O5. The van der Waals surface area contributed by atoms with Crippen LogP contribution in [0.5, 0.6) is 5.75 Å². The molecule has 0 aliphatic rings. The van der Waals surface area contributed by atoms with E-state index in [2.05, 4.69) is 20.7 Å². The van der Waals surface area contributed by atoms with E-state index in [1.54, 1.807) is 32.9 Å². The number of hydrogen-bond donors (Lipinski definition) is 2. The third-order valence-corrected chi connectivity index (χ3v) is 3.05. The Balaban J connectivity index is 1.98. The number of tetrazole rings is 1. The molecule has 10 heteroatoms. The van der Waals surface area contributed by atoms with Crippen molar-refractivity contribution in [3.63, 3.8) is 0 Å². The third kappa shape index (κ3) is 6.38. The van der Waals surface area contributed by atoms with Gasteiger partial charge in [0.1, 0.15) is 18.0 Å². The SMILES string of the molecule is CC(C)(C)OC(=O)N[C@H](COc1ccc(C(=O)O)cc1)Cn1ncnn1. The maximum Gasteiger partial charge on any atom is 0.408 e. The Morgan fingerprint density at radius 2 is 1.96 bits per heavy atom. The smallest absolute Gasteiger partial charge is 0.408 e. The number of carbonyl (C=O) groups excluding carboxylic acids is 1. The number of hydrogen-bond acceptors (Lipinski definition) is 7. The summed E-state index contributed by atoms with van der Waals surface area (Å²) in [6, 6.07) is 5.47. The zero-order valence-corrected chi connectivity index (χ0v) is 14.7. The van der Waals surface area contributed by atoms with Gasteiger partial charge in [-0.2, -0.15) is 4.80 Å². The van der Waals surface area contributed by atoms with Crippen molar-refractivity contribution in [2.24, 2.45) is 0 Å². The molecule has 0 saturated heterocycles. The lowest BCUT2D eigenvalue weighted by Gasteiger charge is -2.23. The fourth-order valence-corrected chi connectivity index (χ4v) is 1.97. The highest BCUT2D eigenvalue weighted by Crippen LogP contribution is 2.13. The largest absolute Gasteiger partial charge is 0.491 e. The highest BCUT2D eigenvalue weighted by molar-refractivity contribution is 5.87. The third-order valence-electron chi connectivity index (χ3n) is 3.05. The van der Waals surface area contributed by atoms with Gasteiger partial charge < -0.3 is 19.9 Å². The molecule has 2 N–H and O–H groups in total. The minimum atomic E-state index is -1.02. The number of benzene rings is 1. The van der Waals surface area contributed by atoms with Crippen LogP contribution in [0.4, 0.5) is 4.79 Å². The van der Waals surface area contributed by atoms with Gasteiger partial charge in [0.2, 0.25) is 0 Å². The fraction of sp³-hybridized carbons (Fsp3) is 0.438. The Bertz CT molecular complexity index is 724. The Hall–Kier alpha value is -3.17. The van der Waals surface area contributed by atoms with E-state index in [4.69, 9.17) is 14.6 Å². The molecule has 0 radical (unpaired) electrons. The second-order valence-corrected chi connectivity index (χ2v) is 6.47. The minimum absolute atomic E-state index is 0.104. The number of aromatic nitrogens is 4. The number of carboxylic acid groups (broad SMARTS) is 1. The van der Waals surface area contributed by atoms with Crippen LogP contribution in [0.2, 0.25) is 0 Å². The quantitative estimate of drug-likeness (QED) is 0.754. The summed E-state index contributed by atoms with van der Waals surface area (Å²) in [7, 11) is 0. The predicted octanol–water partition coefficient (Wildman–Crippen LogP) is 1.34. The molecule has 1 aromatic carbocycles. The van der Waals surface area contributed by atoms with Crippen molar-refractivity contribution in [3.05, 3.63) is 36.2 Å². The number of carboxylic acids is 1. The van der Waals surface area contributed by atoms with E-state index in [9.17, 15) is 9.59 Å². The number of alkyl carbamates (subject to hydrolysis) is 1. The first-order valence-electron chi connectivity index (χ1n) is 7.89. The van der Waals surface area contributed by atoms with Crippen LogP contribution in [0, 0.1) is 0 Å². The molecule has 1 aromatic heterocycles. The van der Waals surface area contributed by atoms with E-state index in [1.807, 2.05) is 0 Å². The highest BCUT2D eigenvalue weighted by atomic mass is 16.6. The molecular weight excluding hydrogens is 342 g/mol. The van der Waals surface area contributed by atoms with Crippen LogP contribution < -0.4 is 10.1 Å². The van der Waals surface area contributed by atoms with E-state index in [1.165, 1.54) is 23.3 Å². The van der Waals surface area contributed by atoms with Gasteiger partial charge in [-0.1, -0.05) is 0 Å². The summed E-state index contributed by atoms with van der Waals surface area (Å²) in [4.78, 5) is 24.2. The molecule has 140 valence electrons. The van der Waals surface area contributed by atoms with Crippen LogP contribution in [0.25, 0.3) is 0 Å². The fourth-order valence-electron chi connectivity index (χ4n) is 1.97. The lowest BCUT2D eigenvalue weighted by molar-refractivity contribution is 0.0477. The molecule has 0 aliphatic heterocycles. The standard InChI is InChI=1S/C16H21N5O5/c1-16(2,3)26-15(24)19-12(8-21-18-10-17-20-21)9-25-13-6-4-11(5-7-13)14(22)23/h4-7,10,12H,8-9H2,1-3H3,(H,19,24)(H,22,23)/t12-/m0/s1. The lowest BCUT2D eigenvalue weighted by atomic mass is 10.2. The first kappa shape index (κ1) is 19.2.